The van der Waals surface area contributed by atoms with Crippen LogP contribution in [0.1, 0.15) is 30.1 Å². The minimum atomic E-state index is -0.480. The van der Waals surface area contributed by atoms with Crippen molar-refractivity contribution in [2.75, 3.05) is 12.4 Å². The number of hydrogen-bond acceptors (Lipinski definition) is 3. The van der Waals surface area contributed by atoms with Crippen LogP contribution in [0.4, 0.5) is 0 Å². The van der Waals surface area contributed by atoms with Gasteiger partial charge in [0.15, 0.2) is 0 Å². The van der Waals surface area contributed by atoms with Crippen molar-refractivity contribution in [3.05, 3.63) is 59.7 Å². The van der Waals surface area contributed by atoms with Gasteiger partial charge < -0.3 is 9.84 Å². The number of ether oxygens (including phenoxy) is 1. The molecule has 0 amide bonds. The zero-order valence-electron chi connectivity index (χ0n) is 11.5. The zero-order valence-corrected chi connectivity index (χ0v) is 12.3. The number of aliphatic hydroxyl groups is 1. The molecular weight excluding hydrogens is 268 g/mol. The predicted octanol–water partition coefficient (Wildman–Crippen LogP) is 4.01. The molecule has 0 radical (unpaired) electrons. The quantitative estimate of drug-likeness (QED) is 0.921. The molecule has 0 spiro atoms. The van der Waals surface area contributed by atoms with E-state index in [0.29, 0.717) is 6.61 Å². The van der Waals surface area contributed by atoms with Gasteiger partial charge in [-0.3, -0.25) is 0 Å². The first-order valence-corrected chi connectivity index (χ1v) is 7.90. The number of thioether (sulfide) groups is 1. The van der Waals surface area contributed by atoms with Gasteiger partial charge in [0.2, 0.25) is 0 Å². The summed E-state index contributed by atoms with van der Waals surface area (Å²) in [7, 11) is 0. The zero-order chi connectivity index (χ0) is 13.9. The van der Waals surface area contributed by atoms with Crippen molar-refractivity contribution in [1.29, 1.82) is 0 Å². The molecule has 20 heavy (non-hydrogen) atoms. The first kappa shape index (κ1) is 13.5. The van der Waals surface area contributed by atoms with Crippen molar-refractivity contribution >= 4 is 11.8 Å². The molecule has 2 aromatic rings. The Balaban J connectivity index is 1.86. The van der Waals surface area contributed by atoms with Gasteiger partial charge in [0, 0.05) is 16.6 Å². The van der Waals surface area contributed by atoms with Crippen molar-refractivity contribution in [1.82, 2.24) is 0 Å². The number of benzene rings is 2. The van der Waals surface area contributed by atoms with E-state index in [-0.39, 0.29) is 5.92 Å². The van der Waals surface area contributed by atoms with Crippen molar-refractivity contribution < 1.29 is 9.84 Å². The third kappa shape index (κ3) is 2.56. The molecule has 2 aromatic carbocycles. The highest BCUT2D eigenvalue weighted by Gasteiger charge is 2.30. The molecule has 2 atom stereocenters. The average Bonchev–Trinajstić information content (AvgIpc) is 2.91. The van der Waals surface area contributed by atoms with E-state index in [9.17, 15) is 5.11 Å². The predicted molar refractivity (Wildman–Crippen MR) is 82.5 cm³/mol. The fourth-order valence-electron chi connectivity index (χ4n) is 2.64. The van der Waals surface area contributed by atoms with Crippen LogP contribution < -0.4 is 4.74 Å². The molecule has 0 aliphatic carbocycles. The molecule has 0 aromatic heterocycles. The van der Waals surface area contributed by atoms with Gasteiger partial charge in [-0.05, 0) is 36.2 Å². The van der Waals surface area contributed by atoms with Crippen molar-refractivity contribution in [2.45, 2.75) is 23.8 Å². The summed E-state index contributed by atoms with van der Waals surface area (Å²) in [6.45, 7) is 2.61. The molecule has 1 N–H and O–H groups in total. The Hall–Kier alpha value is -1.45. The summed E-state index contributed by atoms with van der Waals surface area (Å²) in [5.41, 5.74) is 2.19. The van der Waals surface area contributed by atoms with Crippen LogP contribution in [0.2, 0.25) is 0 Å². The van der Waals surface area contributed by atoms with E-state index in [0.717, 1.165) is 17.1 Å². The molecular formula is C17H18O2S. The monoisotopic (exact) mass is 286 g/mol. The van der Waals surface area contributed by atoms with Crippen LogP contribution in [0, 0.1) is 0 Å². The minimum Gasteiger partial charge on any atom is -0.494 e. The molecule has 1 aliphatic rings. The Bertz CT molecular complexity index is 597. The van der Waals surface area contributed by atoms with Crippen LogP contribution in [0.25, 0.3) is 0 Å². The van der Waals surface area contributed by atoms with E-state index in [1.54, 1.807) is 0 Å². The lowest BCUT2D eigenvalue weighted by atomic mass is 9.91. The van der Waals surface area contributed by atoms with E-state index in [4.69, 9.17) is 4.74 Å². The second-order valence-corrected chi connectivity index (χ2v) is 5.97. The number of fused-ring (bicyclic) bond motifs is 1. The van der Waals surface area contributed by atoms with E-state index < -0.39 is 6.10 Å². The van der Waals surface area contributed by atoms with Crippen molar-refractivity contribution in [3.8, 4) is 5.75 Å². The fourth-order valence-corrected chi connectivity index (χ4v) is 3.92. The summed E-state index contributed by atoms with van der Waals surface area (Å²) in [4.78, 5) is 1.29. The lowest BCUT2D eigenvalue weighted by molar-refractivity contribution is 0.153. The maximum Gasteiger partial charge on any atom is 0.119 e. The molecule has 0 bridgehead atoms. The first-order chi connectivity index (χ1) is 9.79. The van der Waals surface area contributed by atoms with E-state index >= 15 is 0 Å². The Morgan fingerprint density at radius 2 is 2.10 bits per heavy atom. The van der Waals surface area contributed by atoms with E-state index in [2.05, 4.69) is 18.2 Å². The SMILES string of the molecule is CCOc1cccc(C(O)C2CSc3ccccc32)c1. The van der Waals surface area contributed by atoms with Crippen LogP contribution in [-0.2, 0) is 0 Å². The van der Waals surface area contributed by atoms with Gasteiger partial charge in [-0.25, -0.2) is 0 Å². The van der Waals surface area contributed by atoms with Crippen LogP contribution in [0.15, 0.2) is 53.4 Å². The Morgan fingerprint density at radius 3 is 2.95 bits per heavy atom. The maximum atomic E-state index is 10.7. The van der Waals surface area contributed by atoms with Gasteiger partial charge in [0.05, 0.1) is 12.7 Å². The van der Waals surface area contributed by atoms with Gasteiger partial charge in [-0.2, -0.15) is 0 Å². The molecule has 0 saturated carbocycles. The number of aliphatic hydroxyl groups excluding tert-OH is 1. The third-order valence-corrected chi connectivity index (χ3v) is 4.84. The van der Waals surface area contributed by atoms with Crippen molar-refractivity contribution in [3.63, 3.8) is 0 Å². The van der Waals surface area contributed by atoms with Gasteiger partial charge in [-0.15, -0.1) is 11.8 Å². The molecule has 2 unspecified atom stereocenters. The maximum absolute atomic E-state index is 10.7. The summed E-state index contributed by atoms with van der Waals surface area (Å²) in [6.07, 6.45) is -0.480. The minimum absolute atomic E-state index is 0.160. The third-order valence-electron chi connectivity index (χ3n) is 3.63. The van der Waals surface area contributed by atoms with Gasteiger partial charge >= 0.3 is 0 Å². The van der Waals surface area contributed by atoms with Crippen molar-refractivity contribution in [2.24, 2.45) is 0 Å². The van der Waals surface area contributed by atoms with Gasteiger partial charge in [0.1, 0.15) is 5.75 Å². The number of rotatable bonds is 4. The standard InChI is InChI=1S/C17H18O2S/c1-2-19-13-7-5-6-12(10-13)17(18)15-11-20-16-9-4-3-8-14(15)16/h3-10,15,17-18H,2,11H2,1H3. The molecule has 0 fully saturated rings. The summed E-state index contributed by atoms with van der Waals surface area (Å²) in [5.74, 6) is 1.91. The van der Waals surface area contributed by atoms with Crippen LogP contribution in [0.3, 0.4) is 0 Å². The second-order valence-electron chi connectivity index (χ2n) is 4.91. The topological polar surface area (TPSA) is 29.5 Å². The number of hydrogen-bond donors (Lipinski definition) is 1. The second kappa shape index (κ2) is 5.90. The van der Waals surface area contributed by atoms with Crippen LogP contribution in [-0.4, -0.2) is 17.5 Å². The highest BCUT2D eigenvalue weighted by Crippen LogP contribution is 2.45. The highest BCUT2D eigenvalue weighted by atomic mass is 32.2. The average molecular weight is 286 g/mol. The van der Waals surface area contributed by atoms with E-state index in [1.165, 1.54) is 10.5 Å². The summed E-state index contributed by atoms with van der Waals surface area (Å²) in [6, 6.07) is 16.1. The molecule has 1 aliphatic heterocycles. The summed E-state index contributed by atoms with van der Waals surface area (Å²) in [5, 5.41) is 10.7. The highest BCUT2D eigenvalue weighted by molar-refractivity contribution is 7.99. The van der Waals surface area contributed by atoms with Gasteiger partial charge in [0.25, 0.3) is 0 Å². The molecule has 0 saturated heterocycles. The Labute approximate surface area is 123 Å². The lowest BCUT2D eigenvalue weighted by Crippen LogP contribution is -2.10. The fraction of sp³-hybridized carbons (Fsp3) is 0.294. The molecule has 104 valence electrons. The van der Waals surface area contributed by atoms with E-state index in [1.807, 2.05) is 49.0 Å². The first-order valence-electron chi connectivity index (χ1n) is 6.92. The molecule has 1 heterocycles. The van der Waals surface area contributed by atoms with Crippen LogP contribution >= 0.6 is 11.8 Å². The molecule has 3 heteroatoms. The smallest absolute Gasteiger partial charge is 0.119 e. The summed E-state index contributed by atoms with van der Waals surface area (Å²) >= 11 is 1.82. The molecule has 2 nitrogen and oxygen atoms in total. The van der Waals surface area contributed by atoms with Crippen LogP contribution in [0.5, 0.6) is 5.75 Å². The lowest BCUT2D eigenvalue weighted by Gasteiger charge is -2.19. The summed E-state index contributed by atoms with van der Waals surface area (Å²) < 4.78 is 5.51. The largest absolute Gasteiger partial charge is 0.494 e. The normalized spacial score (nSPS) is 18.6. The Morgan fingerprint density at radius 1 is 1.25 bits per heavy atom. The Kier molecular flexibility index (Phi) is 3.99. The van der Waals surface area contributed by atoms with Gasteiger partial charge in [-0.1, -0.05) is 30.3 Å². The molecule has 3 rings (SSSR count).